The van der Waals surface area contributed by atoms with Crippen molar-refractivity contribution in [1.82, 2.24) is 9.97 Å². The second-order valence-electron chi connectivity index (χ2n) is 6.69. The first-order valence-corrected chi connectivity index (χ1v) is 10.8. The lowest BCUT2D eigenvalue weighted by molar-refractivity contribution is -0.113. The van der Waals surface area contributed by atoms with Gasteiger partial charge in [0.05, 0.1) is 29.9 Å². The van der Waals surface area contributed by atoms with Gasteiger partial charge in [-0.3, -0.25) is 4.79 Å². The summed E-state index contributed by atoms with van der Waals surface area (Å²) in [4.78, 5) is 21.9. The summed E-state index contributed by atoms with van der Waals surface area (Å²) < 4.78 is 5.29. The van der Waals surface area contributed by atoms with Crippen LogP contribution in [0.5, 0.6) is 5.75 Å². The number of methoxy groups -OCH3 is 1. The molecule has 1 heterocycles. The first-order valence-electron chi connectivity index (χ1n) is 9.78. The van der Waals surface area contributed by atoms with Gasteiger partial charge in [0.2, 0.25) is 5.91 Å². The molecule has 154 valence electrons. The fraction of sp³-hybridized carbons (Fsp3) is 0.0800. The third kappa shape index (κ3) is 5.29. The molecule has 4 aromatic rings. The number of hydrogen-bond acceptors (Lipinski definition) is 5. The van der Waals surface area contributed by atoms with Crippen molar-refractivity contribution >= 4 is 23.4 Å². The van der Waals surface area contributed by atoms with Crippen LogP contribution in [0.25, 0.3) is 22.5 Å². The molecule has 0 radical (unpaired) electrons. The molecule has 3 aromatic carbocycles. The smallest absolute Gasteiger partial charge is 0.234 e. The summed E-state index contributed by atoms with van der Waals surface area (Å²) in [6.07, 6.45) is 0. The van der Waals surface area contributed by atoms with E-state index in [-0.39, 0.29) is 11.7 Å². The number of anilines is 1. The highest BCUT2D eigenvalue weighted by Crippen LogP contribution is 2.27. The summed E-state index contributed by atoms with van der Waals surface area (Å²) in [6, 6.07) is 29.2. The van der Waals surface area contributed by atoms with Gasteiger partial charge in [-0.1, -0.05) is 84.6 Å². The van der Waals surface area contributed by atoms with Crippen LogP contribution < -0.4 is 10.1 Å². The number of ether oxygens (including phenoxy) is 1. The Morgan fingerprint density at radius 2 is 1.39 bits per heavy atom. The Bertz CT molecular complexity index is 1110. The van der Waals surface area contributed by atoms with Crippen LogP contribution in [0, 0.1) is 0 Å². The number of hydrogen-bond donors (Lipinski definition) is 1. The second-order valence-corrected chi connectivity index (χ2v) is 7.63. The molecule has 0 aliphatic heterocycles. The van der Waals surface area contributed by atoms with Gasteiger partial charge >= 0.3 is 0 Å². The zero-order valence-corrected chi connectivity index (χ0v) is 17.8. The number of benzene rings is 3. The predicted octanol–water partition coefficient (Wildman–Crippen LogP) is 5.55. The van der Waals surface area contributed by atoms with Crippen molar-refractivity contribution in [2.24, 2.45) is 0 Å². The molecule has 0 aliphatic carbocycles. The number of amides is 1. The molecule has 0 saturated carbocycles. The van der Waals surface area contributed by atoms with Gasteiger partial charge in [-0.15, -0.1) is 0 Å². The lowest BCUT2D eigenvalue weighted by Gasteiger charge is -2.10. The van der Waals surface area contributed by atoms with Gasteiger partial charge < -0.3 is 10.1 Å². The second kappa shape index (κ2) is 9.91. The molecule has 4 rings (SSSR count). The number of aromatic nitrogens is 2. The molecule has 1 N–H and O–H groups in total. The monoisotopic (exact) mass is 427 g/mol. The zero-order valence-electron chi connectivity index (χ0n) is 17.0. The van der Waals surface area contributed by atoms with E-state index in [4.69, 9.17) is 4.74 Å². The van der Waals surface area contributed by atoms with E-state index < -0.39 is 0 Å². The van der Waals surface area contributed by atoms with Crippen molar-refractivity contribution in [1.29, 1.82) is 0 Å². The SMILES string of the molecule is COc1ccccc1NC(=O)CSc1nc(-c2ccccc2)cc(-c2ccccc2)n1. The minimum atomic E-state index is -0.149. The molecule has 0 atom stereocenters. The topological polar surface area (TPSA) is 64.1 Å². The quantitative estimate of drug-likeness (QED) is 0.309. The summed E-state index contributed by atoms with van der Waals surface area (Å²) in [5, 5.41) is 3.44. The fourth-order valence-corrected chi connectivity index (χ4v) is 3.73. The largest absolute Gasteiger partial charge is 0.495 e. The van der Waals surface area contributed by atoms with E-state index in [1.165, 1.54) is 11.8 Å². The Morgan fingerprint density at radius 1 is 0.839 bits per heavy atom. The average molecular weight is 428 g/mol. The normalized spacial score (nSPS) is 10.5. The Balaban J connectivity index is 1.56. The first kappa shape index (κ1) is 20.6. The van der Waals surface area contributed by atoms with E-state index in [0.717, 1.165) is 22.5 Å². The third-order valence-corrected chi connectivity index (χ3v) is 5.41. The number of carbonyl (C=O) groups is 1. The molecule has 1 aromatic heterocycles. The van der Waals surface area contributed by atoms with Crippen LogP contribution in [0.15, 0.2) is 96.2 Å². The molecule has 0 unspecified atom stereocenters. The number of thioether (sulfide) groups is 1. The van der Waals surface area contributed by atoms with E-state index in [2.05, 4.69) is 15.3 Å². The van der Waals surface area contributed by atoms with Crippen molar-refractivity contribution in [2.75, 3.05) is 18.2 Å². The van der Waals surface area contributed by atoms with Gasteiger partial charge in [0.1, 0.15) is 5.75 Å². The summed E-state index contributed by atoms with van der Waals surface area (Å²) in [7, 11) is 1.58. The Morgan fingerprint density at radius 3 is 1.97 bits per heavy atom. The Hall–Kier alpha value is -3.64. The lowest BCUT2D eigenvalue weighted by Crippen LogP contribution is -2.15. The van der Waals surface area contributed by atoms with Crippen LogP contribution in [0.4, 0.5) is 5.69 Å². The third-order valence-electron chi connectivity index (χ3n) is 4.56. The molecule has 0 fully saturated rings. The number of rotatable bonds is 7. The van der Waals surface area contributed by atoms with E-state index in [9.17, 15) is 4.79 Å². The number of carbonyl (C=O) groups excluding carboxylic acids is 1. The highest BCUT2D eigenvalue weighted by atomic mass is 32.2. The van der Waals surface area contributed by atoms with Gasteiger partial charge in [-0.2, -0.15) is 0 Å². The highest BCUT2D eigenvalue weighted by molar-refractivity contribution is 7.99. The molecule has 5 nitrogen and oxygen atoms in total. The molecule has 31 heavy (non-hydrogen) atoms. The van der Waals surface area contributed by atoms with Crippen LogP contribution in [0.2, 0.25) is 0 Å². The van der Waals surface area contributed by atoms with E-state index in [0.29, 0.717) is 16.6 Å². The lowest BCUT2D eigenvalue weighted by atomic mass is 10.1. The van der Waals surface area contributed by atoms with Crippen LogP contribution in [0.1, 0.15) is 0 Å². The van der Waals surface area contributed by atoms with Crippen LogP contribution in [-0.4, -0.2) is 28.7 Å². The molecule has 0 spiro atoms. The molecule has 0 saturated heterocycles. The van der Waals surface area contributed by atoms with E-state index in [1.807, 2.05) is 78.9 Å². The Labute approximate surface area is 185 Å². The van der Waals surface area contributed by atoms with Gasteiger partial charge in [0.25, 0.3) is 0 Å². The van der Waals surface area contributed by atoms with Crippen LogP contribution in [-0.2, 0) is 4.79 Å². The number of para-hydroxylation sites is 2. The maximum absolute atomic E-state index is 12.5. The van der Waals surface area contributed by atoms with E-state index >= 15 is 0 Å². The van der Waals surface area contributed by atoms with Crippen LogP contribution >= 0.6 is 11.8 Å². The van der Waals surface area contributed by atoms with Crippen molar-refractivity contribution in [3.8, 4) is 28.3 Å². The summed E-state index contributed by atoms with van der Waals surface area (Å²) >= 11 is 1.30. The van der Waals surface area contributed by atoms with Gasteiger partial charge in [-0.05, 0) is 18.2 Å². The minimum Gasteiger partial charge on any atom is -0.495 e. The molecular formula is C25H21N3O2S. The summed E-state index contributed by atoms with van der Waals surface area (Å²) in [6.45, 7) is 0. The minimum absolute atomic E-state index is 0.149. The van der Waals surface area contributed by atoms with Gasteiger partial charge in [-0.25, -0.2) is 9.97 Å². The summed E-state index contributed by atoms with van der Waals surface area (Å²) in [5.41, 5.74) is 4.29. The molecule has 0 bridgehead atoms. The number of nitrogens with zero attached hydrogens (tertiary/aromatic N) is 2. The fourth-order valence-electron chi connectivity index (χ4n) is 3.07. The molecular weight excluding hydrogens is 406 g/mol. The van der Waals surface area contributed by atoms with E-state index in [1.54, 1.807) is 19.2 Å². The standard InChI is InChI=1S/C25H21N3O2S/c1-30-23-15-9-8-14-20(23)26-24(29)17-31-25-27-21(18-10-4-2-5-11-18)16-22(28-25)19-12-6-3-7-13-19/h2-16H,17H2,1H3,(H,26,29). The molecule has 1 amide bonds. The van der Waals surface area contributed by atoms with Crippen molar-refractivity contribution in [3.05, 3.63) is 91.0 Å². The highest BCUT2D eigenvalue weighted by Gasteiger charge is 2.12. The summed E-state index contributed by atoms with van der Waals surface area (Å²) in [5.74, 6) is 0.656. The maximum atomic E-state index is 12.5. The number of nitrogens with one attached hydrogen (secondary N) is 1. The van der Waals surface area contributed by atoms with Crippen molar-refractivity contribution in [2.45, 2.75) is 5.16 Å². The average Bonchev–Trinajstić information content (AvgIpc) is 2.84. The maximum Gasteiger partial charge on any atom is 0.234 e. The van der Waals surface area contributed by atoms with Crippen LogP contribution in [0.3, 0.4) is 0 Å². The van der Waals surface area contributed by atoms with Crippen molar-refractivity contribution < 1.29 is 9.53 Å². The van der Waals surface area contributed by atoms with Gasteiger partial charge in [0.15, 0.2) is 5.16 Å². The first-order chi connectivity index (χ1) is 15.2. The molecule has 6 heteroatoms. The Kier molecular flexibility index (Phi) is 6.59. The van der Waals surface area contributed by atoms with Gasteiger partial charge in [0, 0.05) is 11.1 Å². The predicted molar refractivity (Wildman–Crippen MR) is 125 cm³/mol. The molecule has 0 aliphatic rings. The van der Waals surface area contributed by atoms with Crippen molar-refractivity contribution in [3.63, 3.8) is 0 Å². The zero-order chi connectivity index (χ0) is 21.5.